The van der Waals surface area contributed by atoms with Gasteiger partial charge in [-0.05, 0) is 74.4 Å². The normalized spacial score (nSPS) is 16.6. The molecule has 1 aromatic carbocycles. The molecule has 0 saturated carbocycles. The van der Waals surface area contributed by atoms with Crippen molar-refractivity contribution in [2.45, 2.75) is 39.0 Å². The van der Waals surface area contributed by atoms with Crippen molar-refractivity contribution in [1.29, 1.82) is 0 Å². The van der Waals surface area contributed by atoms with Crippen molar-refractivity contribution >= 4 is 17.7 Å². The Balaban J connectivity index is 1.40. The van der Waals surface area contributed by atoms with Crippen LogP contribution < -0.4 is 4.90 Å². The summed E-state index contributed by atoms with van der Waals surface area (Å²) in [4.78, 5) is 33.5. The van der Waals surface area contributed by atoms with E-state index in [-0.39, 0.29) is 11.9 Å². The van der Waals surface area contributed by atoms with Crippen LogP contribution in [0.2, 0.25) is 0 Å². The number of pyridine rings is 1. The van der Waals surface area contributed by atoms with E-state index in [1.54, 1.807) is 19.2 Å². The fraction of sp³-hybridized carbons (Fsp3) is 0.458. The molecule has 2 aromatic rings. The zero-order valence-corrected chi connectivity index (χ0v) is 17.6. The minimum absolute atomic E-state index is 0.121. The number of carbonyl (C=O) groups excluding carboxylic acids is 2. The number of ether oxygens (including phenoxy) is 1. The Kier molecular flexibility index (Phi) is 6.31. The van der Waals surface area contributed by atoms with Crippen LogP contribution in [0.4, 0.5) is 5.82 Å². The van der Waals surface area contributed by atoms with Crippen LogP contribution in [0.1, 0.15) is 58.0 Å². The summed E-state index contributed by atoms with van der Waals surface area (Å²) in [6, 6.07) is 9.84. The van der Waals surface area contributed by atoms with Crippen LogP contribution in [0.25, 0.3) is 0 Å². The van der Waals surface area contributed by atoms with Crippen LogP contribution in [0.15, 0.2) is 36.5 Å². The summed E-state index contributed by atoms with van der Waals surface area (Å²) in [6.07, 6.45) is 7.12. The van der Waals surface area contributed by atoms with E-state index < -0.39 is 0 Å². The van der Waals surface area contributed by atoms with Crippen LogP contribution in [-0.2, 0) is 17.6 Å². The number of amides is 1. The van der Waals surface area contributed by atoms with Gasteiger partial charge in [0.1, 0.15) is 5.82 Å². The van der Waals surface area contributed by atoms with Gasteiger partial charge in [-0.1, -0.05) is 6.07 Å². The first-order chi connectivity index (χ1) is 14.7. The lowest BCUT2D eigenvalue weighted by Crippen LogP contribution is -2.35. The fourth-order valence-electron chi connectivity index (χ4n) is 4.31. The second kappa shape index (κ2) is 9.28. The minimum atomic E-state index is -0.353. The van der Waals surface area contributed by atoms with E-state index in [2.05, 4.69) is 22.0 Å². The Morgan fingerprint density at radius 2 is 1.73 bits per heavy atom. The molecule has 1 saturated heterocycles. The molecule has 1 amide bonds. The Hall–Kier alpha value is -2.89. The molecular formula is C24H29N3O3. The van der Waals surface area contributed by atoms with Crippen molar-refractivity contribution < 1.29 is 14.3 Å². The summed E-state index contributed by atoms with van der Waals surface area (Å²) < 4.78 is 5.01. The highest BCUT2D eigenvalue weighted by Gasteiger charge is 2.22. The van der Waals surface area contributed by atoms with Crippen LogP contribution in [-0.4, -0.2) is 54.5 Å². The number of aromatic nitrogens is 1. The Bertz CT molecular complexity index is 910. The minimum Gasteiger partial charge on any atom is -0.462 e. The molecule has 0 spiro atoms. The van der Waals surface area contributed by atoms with Crippen molar-refractivity contribution in [3.8, 4) is 0 Å². The Labute approximate surface area is 177 Å². The predicted molar refractivity (Wildman–Crippen MR) is 116 cm³/mol. The average Bonchev–Trinajstić information content (AvgIpc) is 3.05. The Morgan fingerprint density at radius 3 is 2.50 bits per heavy atom. The number of fused-ring (bicyclic) bond motifs is 1. The third-order valence-electron chi connectivity index (χ3n) is 5.96. The molecule has 0 radical (unpaired) electrons. The first-order valence-corrected chi connectivity index (χ1v) is 10.9. The summed E-state index contributed by atoms with van der Waals surface area (Å²) in [5.74, 6) is 0.594. The van der Waals surface area contributed by atoms with Gasteiger partial charge in [-0.25, -0.2) is 9.78 Å². The SMILES string of the molecule is CCOC(=O)c1ccc(N2CCCN(C(=O)c3ccc4c(c3)CCCC4)CC2)nc1. The highest BCUT2D eigenvalue weighted by atomic mass is 16.5. The fourth-order valence-corrected chi connectivity index (χ4v) is 4.31. The number of rotatable bonds is 4. The maximum atomic E-state index is 13.1. The van der Waals surface area contributed by atoms with Gasteiger partial charge in [0.15, 0.2) is 0 Å². The lowest BCUT2D eigenvalue weighted by Gasteiger charge is -2.24. The monoisotopic (exact) mass is 407 g/mol. The molecule has 158 valence electrons. The number of carbonyl (C=O) groups is 2. The zero-order valence-electron chi connectivity index (χ0n) is 17.6. The lowest BCUT2D eigenvalue weighted by atomic mass is 9.90. The molecule has 1 aliphatic heterocycles. The third-order valence-corrected chi connectivity index (χ3v) is 5.96. The van der Waals surface area contributed by atoms with E-state index in [1.807, 2.05) is 17.0 Å². The largest absolute Gasteiger partial charge is 0.462 e. The average molecular weight is 408 g/mol. The molecule has 0 N–H and O–H groups in total. The number of anilines is 1. The van der Waals surface area contributed by atoms with Crippen molar-refractivity contribution in [1.82, 2.24) is 9.88 Å². The molecule has 2 heterocycles. The summed E-state index contributed by atoms with van der Waals surface area (Å²) in [5, 5.41) is 0. The predicted octanol–water partition coefficient (Wildman–Crippen LogP) is 3.49. The molecule has 6 heteroatoms. The molecule has 4 rings (SSSR count). The molecular weight excluding hydrogens is 378 g/mol. The lowest BCUT2D eigenvalue weighted by molar-refractivity contribution is 0.0525. The van der Waals surface area contributed by atoms with Gasteiger partial charge in [-0.3, -0.25) is 4.79 Å². The van der Waals surface area contributed by atoms with Gasteiger partial charge in [-0.15, -0.1) is 0 Å². The van der Waals surface area contributed by atoms with Gasteiger partial charge < -0.3 is 14.5 Å². The molecule has 0 atom stereocenters. The Morgan fingerprint density at radius 1 is 0.933 bits per heavy atom. The van der Waals surface area contributed by atoms with Crippen LogP contribution in [0.3, 0.4) is 0 Å². The molecule has 1 fully saturated rings. The molecule has 30 heavy (non-hydrogen) atoms. The van der Waals surface area contributed by atoms with Crippen molar-refractivity contribution in [3.63, 3.8) is 0 Å². The van der Waals surface area contributed by atoms with E-state index in [9.17, 15) is 9.59 Å². The number of aryl methyl sites for hydroxylation is 2. The molecule has 0 bridgehead atoms. The maximum absolute atomic E-state index is 13.1. The molecule has 6 nitrogen and oxygen atoms in total. The van der Waals surface area contributed by atoms with Gasteiger partial charge in [0, 0.05) is 37.9 Å². The second-order valence-electron chi connectivity index (χ2n) is 7.95. The molecule has 1 aromatic heterocycles. The number of hydrogen-bond donors (Lipinski definition) is 0. The van der Waals surface area contributed by atoms with Gasteiger partial charge in [0.05, 0.1) is 12.2 Å². The van der Waals surface area contributed by atoms with E-state index >= 15 is 0 Å². The summed E-state index contributed by atoms with van der Waals surface area (Å²) in [7, 11) is 0. The number of benzene rings is 1. The van der Waals surface area contributed by atoms with E-state index in [4.69, 9.17) is 4.74 Å². The van der Waals surface area contributed by atoms with Gasteiger partial charge in [0.25, 0.3) is 5.91 Å². The van der Waals surface area contributed by atoms with Gasteiger partial charge in [-0.2, -0.15) is 0 Å². The van der Waals surface area contributed by atoms with Crippen molar-refractivity contribution in [2.24, 2.45) is 0 Å². The topological polar surface area (TPSA) is 62.7 Å². The van der Waals surface area contributed by atoms with E-state index in [0.717, 1.165) is 50.3 Å². The van der Waals surface area contributed by atoms with E-state index in [1.165, 1.54) is 24.0 Å². The standard InChI is InChI=1S/C24H29N3O3/c1-2-30-24(29)21-10-11-22(25-17-21)26-12-5-13-27(15-14-26)23(28)20-9-8-18-6-3-4-7-19(18)16-20/h8-11,16-17H,2-7,12-15H2,1H3. The van der Waals surface area contributed by atoms with Crippen molar-refractivity contribution in [3.05, 3.63) is 58.8 Å². The first-order valence-electron chi connectivity index (χ1n) is 10.9. The number of esters is 1. The zero-order chi connectivity index (χ0) is 20.9. The van der Waals surface area contributed by atoms with Gasteiger partial charge in [0.2, 0.25) is 0 Å². The molecule has 1 aliphatic carbocycles. The summed E-state index contributed by atoms with van der Waals surface area (Å²) >= 11 is 0. The number of hydrogen-bond acceptors (Lipinski definition) is 5. The second-order valence-corrected chi connectivity index (χ2v) is 7.95. The van der Waals surface area contributed by atoms with Gasteiger partial charge >= 0.3 is 5.97 Å². The highest BCUT2D eigenvalue weighted by molar-refractivity contribution is 5.94. The molecule has 0 unspecified atom stereocenters. The van der Waals surface area contributed by atoms with Crippen molar-refractivity contribution in [2.75, 3.05) is 37.7 Å². The van der Waals surface area contributed by atoms with Crippen LogP contribution in [0, 0.1) is 0 Å². The third kappa shape index (κ3) is 4.48. The van der Waals surface area contributed by atoms with Crippen LogP contribution in [0.5, 0.6) is 0 Å². The molecule has 2 aliphatic rings. The summed E-state index contributed by atoms with van der Waals surface area (Å²) in [5.41, 5.74) is 4.01. The smallest absolute Gasteiger partial charge is 0.339 e. The highest BCUT2D eigenvalue weighted by Crippen LogP contribution is 2.23. The van der Waals surface area contributed by atoms with Crippen LogP contribution >= 0.6 is 0 Å². The first kappa shape index (κ1) is 20.4. The maximum Gasteiger partial charge on any atom is 0.339 e. The van der Waals surface area contributed by atoms with E-state index in [0.29, 0.717) is 18.7 Å². The number of nitrogens with zero attached hydrogens (tertiary/aromatic N) is 3. The summed E-state index contributed by atoms with van der Waals surface area (Å²) in [6.45, 7) is 5.10. The quantitative estimate of drug-likeness (QED) is 0.726.